The summed E-state index contributed by atoms with van der Waals surface area (Å²) in [5.74, 6) is 0.763. The minimum Gasteiger partial charge on any atom is -0.493 e. The van der Waals surface area contributed by atoms with Gasteiger partial charge in [0.05, 0.1) is 44.6 Å². The zero-order valence-corrected chi connectivity index (χ0v) is 18.1. The van der Waals surface area contributed by atoms with Gasteiger partial charge in [-0.25, -0.2) is 14.2 Å². The van der Waals surface area contributed by atoms with Gasteiger partial charge < -0.3 is 23.8 Å². The Labute approximate surface area is 182 Å². The first kappa shape index (κ1) is 20.9. The average molecular weight is 444 g/mol. The van der Waals surface area contributed by atoms with Crippen molar-refractivity contribution in [2.45, 2.75) is 6.10 Å². The van der Waals surface area contributed by atoms with E-state index in [1.54, 1.807) is 24.3 Å². The molecule has 0 N–H and O–H groups in total. The minimum absolute atomic E-state index is 0.221. The average Bonchev–Trinajstić information content (AvgIpc) is 3.15. The van der Waals surface area contributed by atoms with E-state index in [0.29, 0.717) is 35.9 Å². The van der Waals surface area contributed by atoms with Gasteiger partial charge in [0.25, 0.3) is 0 Å². The minimum atomic E-state index is -0.440. The summed E-state index contributed by atoms with van der Waals surface area (Å²) in [6, 6.07) is 8.02. The van der Waals surface area contributed by atoms with Crippen LogP contribution in [0.2, 0.25) is 0 Å². The summed E-state index contributed by atoms with van der Waals surface area (Å²) >= 11 is 1.42. The first-order valence-corrected chi connectivity index (χ1v) is 10.3. The number of benzene rings is 2. The van der Waals surface area contributed by atoms with Gasteiger partial charge in [0.15, 0.2) is 16.6 Å². The SMILES string of the molecule is COc1cc(/C=C/C(=O)OC2CN(c3nc4ccc(F)cc4s3)C2)cc(OC)c1OC. The molecule has 3 aromatic rings. The van der Waals surface area contributed by atoms with Gasteiger partial charge in [0.1, 0.15) is 11.9 Å². The smallest absolute Gasteiger partial charge is 0.331 e. The second-order valence-electron chi connectivity index (χ2n) is 6.86. The lowest BCUT2D eigenvalue weighted by molar-refractivity contribution is -0.143. The van der Waals surface area contributed by atoms with Crippen molar-refractivity contribution in [1.29, 1.82) is 0 Å². The number of carbonyl (C=O) groups is 1. The van der Waals surface area contributed by atoms with Crippen molar-refractivity contribution in [1.82, 2.24) is 4.98 Å². The lowest BCUT2D eigenvalue weighted by Crippen LogP contribution is -2.52. The van der Waals surface area contributed by atoms with Crippen LogP contribution in [0, 0.1) is 5.82 Å². The van der Waals surface area contributed by atoms with Crippen LogP contribution in [-0.2, 0) is 9.53 Å². The molecule has 0 atom stereocenters. The molecule has 0 bridgehead atoms. The highest BCUT2D eigenvalue weighted by molar-refractivity contribution is 7.22. The van der Waals surface area contributed by atoms with Crippen LogP contribution in [0.15, 0.2) is 36.4 Å². The lowest BCUT2D eigenvalue weighted by Gasteiger charge is -2.37. The first-order chi connectivity index (χ1) is 15.0. The maximum Gasteiger partial charge on any atom is 0.331 e. The Kier molecular flexibility index (Phi) is 5.94. The molecule has 31 heavy (non-hydrogen) atoms. The number of fused-ring (bicyclic) bond motifs is 1. The third kappa shape index (κ3) is 4.41. The zero-order valence-electron chi connectivity index (χ0n) is 17.3. The Hall–Kier alpha value is -3.33. The van der Waals surface area contributed by atoms with Gasteiger partial charge in [-0.15, -0.1) is 0 Å². The number of aromatic nitrogens is 1. The molecule has 1 aromatic heterocycles. The molecular formula is C22H21FN2O5S. The fraction of sp³-hybridized carbons (Fsp3) is 0.273. The Morgan fingerprint density at radius 1 is 1.13 bits per heavy atom. The molecular weight excluding hydrogens is 423 g/mol. The topological polar surface area (TPSA) is 70.1 Å². The molecule has 7 nitrogen and oxygen atoms in total. The summed E-state index contributed by atoms with van der Waals surface area (Å²) in [4.78, 5) is 18.7. The quantitative estimate of drug-likeness (QED) is 0.404. The molecule has 4 rings (SSSR count). The summed E-state index contributed by atoms with van der Waals surface area (Å²) in [7, 11) is 4.59. The Bertz CT molecular complexity index is 1120. The van der Waals surface area contributed by atoms with Crippen molar-refractivity contribution in [2.24, 2.45) is 0 Å². The van der Waals surface area contributed by atoms with Gasteiger partial charge in [-0.3, -0.25) is 0 Å². The van der Waals surface area contributed by atoms with Crippen LogP contribution in [-0.4, -0.2) is 51.5 Å². The summed E-state index contributed by atoms with van der Waals surface area (Å²) in [6.07, 6.45) is 2.77. The van der Waals surface area contributed by atoms with Crippen molar-refractivity contribution in [3.05, 3.63) is 47.8 Å². The van der Waals surface area contributed by atoms with E-state index in [0.717, 1.165) is 15.3 Å². The molecule has 0 aliphatic carbocycles. The van der Waals surface area contributed by atoms with E-state index in [1.807, 2.05) is 4.90 Å². The molecule has 1 saturated heterocycles. The Morgan fingerprint density at radius 3 is 2.48 bits per heavy atom. The van der Waals surface area contributed by atoms with Crippen molar-refractivity contribution in [3.8, 4) is 17.2 Å². The highest BCUT2D eigenvalue weighted by Gasteiger charge is 2.31. The summed E-state index contributed by atoms with van der Waals surface area (Å²) < 4.78 is 35.5. The predicted molar refractivity (Wildman–Crippen MR) is 117 cm³/mol. The summed E-state index contributed by atoms with van der Waals surface area (Å²) in [6.45, 7) is 1.10. The number of rotatable bonds is 7. The molecule has 2 aromatic carbocycles. The van der Waals surface area contributed by atoms with Gasteiger partial charge in [0, 0.05) is 6.08 Å². The van der Waals surface area contributed by atoms with Crippen molar-refractivity contribution in [2.75, 3.05) is 39.3 Å². The Balaban J connectivity index is 1.35. The molecule has 2 heterocycles. The highest BCUT2D eigenvalue weighted by Crippen LogP contribution is 2.38. The van der Waals surface area contributed by atoms with Crippen molar-refractivity contribution < 1.29 is 28.1 Å². The van der Waals surface area contributed by atoms with Crippen molar-refractivity contribution >= 4 is 38.7 Å². The van der Waals surface area contributed by atoms with Gasteiger partial charge in [0.2, 0.25) is 5.75 Å². The number of nitrogens with zero attached hydrogens (tertiary/aromatic N) is 2. The predicted octanol–water partition coefficient (Wildman–Crippen LogP) is 3.91. The van der Waals surface area contributed by atoms with E-state index in [1.165, 1.54) is 50.9 Å². The summed E-state index contributed by atoms with van der Waals surface area (Å²) in [5.41, 5.74) is 1.47. The number of anilines is 1. The maximum atomic E-state index is 13.3. The molecule has 1 aliphatic heterocycles. The van der Waals surface area contributed by atoms with E-state index < -0.39 is 5.97 Å². The third-order valence-corrected chi connectivity index (χ3v) is 5.92. The summed E-state index contributed by atoms with van der Waals surface area (Å²) in [5, 5.41) is 0.792. The van der Waals surface area contributed by atoms with Crippen LogP contribution in [0.4, 0.5) is 9.52 Å². The van der Waals surface area contributed by atoms with Gasteiger partial charge in [-0.2, -0.15) is 0 Å². The van der Waals surface area contributed by atoms with Crippen LogP contribution >= 0.6 is 11.3 Å². The normalized spacial score (nSPS) is 14.0. The number of ether oxygens (including phenoxy) is 4. The number of halogens is 1. The molecule has 0 unspecified atom stereocenters. The first-order valence-electron chi connectivity index (χ1n) is 9.50. The number of thiazole rings is 1. The number of hydrogen-bond acceptors (Lipinski definition) is 8. The van der Waals surface area contributed by atoms with Crippen molar-refractivity contribution in [3.63, 3.8) is 0 Å². The number of esters is 1. The van der Waals surface area contributed by atoms with Gasteiger partial charge in [-0.05, 0) is 42.0 Å². The molecule has 1 fully saturated rings. The second kappa shape index (κ2) is 8.81. The fourth-order valence-electron chi connectivity index (χ4n) is 3.26. The van der Waals surface area contributed by atoms with E-state index in [4.69, 9.17) is 18.9 Å². The Morgan fingerprint density at radius 2 is 1.84 bits per heavy atom. The van der Waals surface area contributed by atoms with E-state index >= 15 is 0 Å². The molecule has 162 valence electrons. The maximum absolute atomic E-state index is 13.3. The standard InChI is InChI=1S/C22H21FN2O5S/c1-27-17-8-13(9-18(28-2)21(17)29-3)4-7-20(26)30-15-11-25(12-15)22-24-16-6-5-14(23)10-19(16)31-22/h4-10,15H,11-12H2,1-3H3/b7-4+. The highest BCUT2D eigenvalue weighted by atomic mass is 32.1. The molecule has 0 amide bonds. The van der Waals surface area contributed by atoms with E-state index in [9.17, 15) is 9.18 Å². The molecule has 0 spiro atoms. The van der Waals surface area contributed by atoms with Crippen LogP contribution in [0.1, 0.15) is 5.56 Å². The molecule has 9 heteroatoms. The van der Waals surface area contributed by atoms with E-state index in [-0.39, 0.29) is 11.9 Å². The van der Waals surface area contributed by atoms with Gasteiger partial charge >= 0.3 is 5.97 Å². The number of carbonyl (C=O) groups excluding carboxylic acids is 1. The largest absolute Gasteiger partial charge is 0.493 e. The van der Waals surface area contributed by atoms with E-state index in [2.05, 4.69) is 4.98 Å². The van der Waals surface area contributed by atoms with Crippen LogP contribution in [0.3, 0.4) is 0 Å². The van der Waals surface area contributed by atoms with Crippen LogP contribution in [0.5, 0.6) is 17.2 Å². The third-order valence-electron chi connectivity index (χ3n) is 4.84. The fourth-order valence-corrected chi connectivity index (χ4v) is 4.26. The molecule has 0 radical (unpaired) electrons. The lowest BCUT2D eigenvalue weighted by atomic mass is 10.1. The number of methoxy groups -OCH3 is 3. The van der Waals surface area contributed by atoms with Crippen LogP contribution in [0.25, 0.3) is 16.3 Å². The monoisotopic (exact) mass is 444 g/mol. The molecule has 1 aliphatic rings. The zero-order chi connectivity index (χ0) is 22.0. The second-order valence-corrected chi connectivity index (χ2v) is 7.87. The van der Waals surface area contributed by atoms with Gasteiger partial charge in [-0.1, -0.05) is 11.3 Å². The van der Waals surface area contributed by atoms with Crippen LogP contribution < -0.4 is 19.1 Å². The molecule has 0 saturated carbocycles. The number of hydrogen-bond donors (Lipinski definition) is 0.